The monoisotopic (exact) mass is 518 g/mol. The number of nitrogens with zero attached hydrogens (tertiary/aromatic N) is 2. The quantitative estimate of drug-likeness (QED) is 0.262. The van der Waals surface area contributed by atoms with Gasteiger partial charge >= 0.3 is 16.1 Å². The minimum atomic E-state index is -4.43. The van der Waals surface area contributed by atoms with Gasteiger partial charge in [-0.1, -0.05) is 29.4 Å². The van der Waals surface area contributed by atoms with Crippen LogP contribution < -0.4 is 4.18 Å². The molecule has 0 aliphatic rings. The summed E-state index contributed by atoms with van der Waals surface area (Å²) in [6.45, 7) is 4.52. The summed E-state index contributed by atoms with van der Waals surface area (Å²) < 4.78 is 59.3. The maximum Gasteiger partial charge on any atom is 0.341 e. The number of carboxylic acids is 1. The summed E-state index contributed by atoms with van der Waals surface area (Å²) in [5.74, 6) is -0.740. The summed E-state index contributed by atoms with van der Waals surface area (Å²) in [6.07, 6.45) is 0. The van der Waals surface area contributed by atoms with E-state index in [1.165, 1.54) is 35.8 Å². The van der Waals surface area contributed by atoms with Crippen molar-refractivity contribution in [1.82, 2.24) is 9.72 Å². The summed E-state index contributed by atoms with van der Waals surface area (Å²) in [4.78, 5) is 11.4. The fourth-order valence-electron chi connectivity index (χ4n) is 4.16. The highest BCUT2D eigenvalue weighted by molar-refractivity contribution is 7.87. The first-order chi connectivity index (χ1) is 16.5. The number of aryl methyl sites for hydroxylation is 2. The van der Waals surface area contributed by atoms with Gasteiger partial charge in [0, 0.05) is 16.6 Å². The van der Waals surface area contributed by atoms with E-state index in [9.17, 15) is 22.5 Å². The SMILES string of the molecule is Cc1noc(C)c1-c1cccc2c1c(S(=O)(=O)Oc1ccc(CS(=O)O)cc1)c(C)n2CC(=O)O. The van der Waals surface area contributed by atoms with Gasteiger partial charge in [0.1, 0.15) is 22.9 Å². The second kappa shape index (κ2) is 9.29. The third-order valence-corrected chi connectivity index (χ3v) is 7.55. The average Bonchev–Trinajstić information content (AvgIpc) is 3.25. The molecule has 2 aromatic heterocycles. The molecule has 10 nitrogen and oxygen atoms in total. The molecule has 12 heteroatoms. The molecular weight excluding hydrogens is 496 g/mol. The molecule has 1 atom stereocenters. The van der Waals surface area contributed by atoms with Gasteiger partial charge in [-0.15, -0.1) is 0 Å². The van der Waals surface area contributed by atoms with Crippen LogP contribution in [0.3, 0.4) is 0 Å². The zero-order chi connectivity index (χ0) is 25.5. The van der Waals surface area contributed by atoms with Gasteiger partial charge in [0.2, 0.25) is 0 Å². The molecular formula is C23H22N2O8S2. The Balaban J connectivity index is 1.92. The van der Waals surface area contributed by atoms with Crippen LogP contribution in [0, 0.1) is 20.8 Å². The molecule has 0 spiro atoms. The van der Waals surface area contributed by atoms with Crippen LogP contribution in [0.25, 0.3) is 22.0 Å². The van der Waals surface area contributed by atoms with Crippen molar-refractivity contribution in [2.45, 2.75) is 38.0 Å². The second-order valence-corrected chi connectivity index (χ2v) is 10.4. The molecule has 0 aliphatic heterocycles. The molecule has 0 aliphatic carbocycles. The maximum atomic E-state index is 13.6. The maximum absolute atomic E-state index is 13.6. The van der Waals surface area contributed by atoms with E-state index in [0.717, 1.165) is 0 Å². The number of hydrogen-bond acceptors (Lipinski definition) is 7. The lowest BCUT2D eigenvalue weighted by atomic mass is 10.0. The Morgan fingerprint density at radius 2 is 1.83 bits per heavy atom. The third kappa shape index (κ3) is 4.72. The Morgan fingerprint density at radius 1 is 1.14 bits per heavy atom. The van der Waals surface area contributed by atoms with Crippen molar-refractivity contribution in [2.75, 3.05) is 0 Å². The van der Waals surface area contributed by atoms with E-state index >= 15 is 0 Å². The molecule has 1 unspecified atom stereocenters. The van der Waals surface area contributed by atoms with Crippen LogP contribution in [0.15, 0.2) is 51.9 Å². The summed E-state index contributed by atoms with van der Waals surface area (Å²) in [7, 11) is -4.43. The van der Waals surface area contributed by atoms with Crippen LogP contribution in [0.1, 0.15) is 22.7 Å². The van der Waals surface area contributed by atoms with Crippen LogP contribution in [0.5, 0.6) is 5.75 Å². The van der Waals surface area contributed by atoms with Gasteiger partial charge in [0.15, 0.2) is 11.1 Å². The molecule has 2 aromatic carbocycles. The minimum Gasteiger partial charge on any atom is -0.480 e. The summed E-state index contributed by atoms with van der Waals surface area (Å²) in [5.41, 5.74) is 2.83. The number of aromatic nitrogens is 2. The summed E-state index contributed by atoms with van der Waals surface area (Å²) >= 11 is -2.04. The van der Waals surface area contributed by atoms with Gasteiger partial charge in [-0.2, -0.15) is 8.42 Å². The highest BCUT2D eigenvalue weighted by Crippen LogP contribution is 2.40. The van der Waals surface area contributed by atoms with E-state index in [1.807, 2.05) is 0 Å². The molecule has 0 saturated carbocycles. The molecule has 35 heavy (non-hydrogen) atoms. The molecule has 0 bridgehead atoms. The normalized spacial score (nSPS) is 12.7. The Hall–Kier alpha value is -3.48. The van der Waals surface area contributed by atoms with Crippen molar-refractivity contribution in [1.29, 1.82) is 0 Å². The lowest BCUT2D eigenvalue weighted by molar-refractivity contribution is -0.137. The van der Waals surface area contributed by atoms with Crippen molar-refractivity contribution in [3.05, 3.63) is 65.2 Å². The predicted octanol–water partition coefficient (Wildman–Crippen LogP) is 3.80. The number of rotatable bonds is 8. The number of carboxylic acid groups (broad SMARTS) is 1. The van der Waals surface area contributed by atoms with E-state index in [4.69, 9.17) is 13.3 Å². The molecule has 184 valence electrons. The summed E-state index contributed by atoms with van der Waals surface area (Å²) in [5, 5.41) is 13.7. The lowest BCUT2D eigenvalue weighted by Crippen LogP contribution is -2.14. The van der Waals surface area contributed by atoms with E-state index in [1.54, 1.807) is 32.0 Å². The Labute approximate surface area is 203 Å². The van der Waals surface area contributed by atoms with Crippen LogP contribution >= 0.6 is 0 Å². The number of fused-ring (bicyclic) bond motifs is 1. The minimum absolute atomic E-state index is 0.00540. The molecule has 4 aromatic rings. The number of aliphatic carboxylic acids is 1. The molecule has 4 rings (SSSR count). The molecule has 0 fully saturated rings. The first kappa shape index (κ1) is 24.6. The van der Waals surface area contributed by atoms with E-state index in [2.05, 4.69) is 5.16 Å². The largest absolute Gasteiger partial charge is 0.480 e. The van der Waals surface area contributed by atoms with Crippen molar-refractivity contribution in [3.8, 4) is 16.9 Å². The number of benzene rings is 2. The molecule has 2 heterocycles. The van der Waals surface area contributed by atoms with Crippen molar-refractivity contribution in [3.63, 3.8) is 0 Å². The molecule has 0 amide bonds. The lowest BCUT2D eigenvalue weighted by Gasteiger charge is -2.10. The molecule has 0 radical (unpaired) electrons. The zero-order valence-corrected chi connectivity index (χ0v) is 20.6. The highest BCUT2D eigenvalue weighted by atomic mass is 32.2. The van der Waals surface area contributed by atoms with E-state index in [-0.39, 0.29) is 22.1 Å². The highest BCUT2D eigenvalue weighted by Gasteiger charge is 2.31. The van der Waals surface area contributed by atoms with E-state index < -0.39 is 33.7 Å². The first-order valence-electron chi connectivity index (χ1n) is 10.4. The first-order valence-corrected chi connectivity index (χ1v) is 13.1. The topological polar surface area (TPSA) is 149 Å². The zero-order valence-electron chi connectivity index (χ0n) is 19.0. The van der Waals surface area contributed by atoms with Gasteiger partial charge in [0.25, 0.3) is 0 Å². The van der Waals surface area contributed by atoms with Crippen molar-refractivity contribution < 1.29 is 35.8 Å². The number of carbonyl (C=O) groups is 1. The van der Waals surface area contributed by atoms with Gasteiger partial charge in [-0.3, -0.25) is 4.79 Å². The van der Waals surface area contributed by atoms with Crippen molar-refractivity contribution in [2.24, 2.45) is 0 Å². The molecule has 0 saturated heterocycles. The smallest absolute Gasteiger partial charge is 0.341 e. The molecule has 2 N–H and O–H groups in total. The average molecular weight is 519 g/mol. The van der Waals surface area contributed by atoms with Crippen LogP contribution in [-0.4, -0.2) is 38.0 Å². The van der Waals surface area contributed by atoms with Gasteiger partial charge in [-0.25, -0.2) is 4.21 Å². The predicted molar refractivity (Wildman–Crippen MR) is 128 cm³/mol. The van der Waals surface area contributed by atoms with Crippen LogP contribution in [-0.2, 0) is 38.3 Å². The Kier molecular flexibility index (Phi) is 6.54. The van der Waals surface area contributed by atoms with Crippen LogP contribution in [0.2, 0.25) is 0 Å². The second-order valence-electron chi connectivity index (χ2n) is 7.94. The standard InChI is InChI=1S/C23H22N2O8S2/c1-13-21(15(3)32-24-13)18-5-4-6-19-22(18)23(14(2)25(19)11-20(26)27)35(30,31)33-17-9-7-16(8-10-17)12-34(28)29/h4-10H,11-12H2,1-3H3,(H,26,27)(H,28,29). The summed E-state index contributed by atoms with van der Waals surface area (Å²) in [6, 6.07) is 10.9. The van der Waals surface area contributed by atoms with Crippen molar-refractivity contribution >= 4 is 38.1 Å². The fraction of sp³-hybridized carbons (Fsp3) is 0.217. The van der Waals surface area contributed by atoms with Crippen LogP contribution in [0.4, 0.5) is 0 Å². The van der Waals surface area contributed by atoms with Gasteiger partial charge < -0.3 is 22.9 Å². The Bertz CT molecular complexity index is 1550. The fourth-order valence-corrected chi connectivity index (χ4v) is 6.02. The number of hydrogen-bond donors (Lipinski definition) is 2. The Morgan fingerprint density at radius 3 is 2.40 bits per heavy atom. The van der Waals surface area contributed by atoms with E-state index in [0.29, 0.717) is 39.0 Å². The van der Waals surface area contributed by atoms with Gasteiger partial charge in [0.05, 0.1) is 17.0 Å². The third-order valence-electron chi connectivity index (χ3n) is 5.56. The van der Waals surface area contributed by atoms with Gasteiger partial charge in [-0.05, 0) is 50.1 Å².